The van der Waals surface area contributed by atoms with Crippen molar-refractivity contribution < 1.29 is 9.18 Å². The molecule has 0 saturated heterocycles. The molecule has 0 bridgehead atoms. The van der Waals surface area contributed by atoms with Crippen LogP contribution in [0.5, 0.6) is 0 Å². The summed E-state index contributed by atoms with van der Waals surface area (Å²) in [7, 11) is 0. The Morgan fingerprint density at radius 3 is 2.61 bits per heavy atom. The van der Waals surface area contributed by atoms with Crippen LogP contribution in [0.1, 0.15) is 43.6 Å². The van der Waals surface area contributed by atoms with Crippen molar-refractivity contribution in [3.63, 3.8) is 0 Å². The van der Waals surface area contributed by atoms with Gasteiger partial charge in [0.15, 0.2) is 0 Å². The van der Waals surface area contributed by atoms with Crippen molar-refractivity contribution in [2.24, 2.45) is 23.5 Å². The second kappa shape index (κ2) is 5.59. The summed E-state index contributed by atoms with van der Waals surface area (Å²) in [6.07, 6.45) is 6.86. The molecule has 4 heteroatoms. The predicted molar refractivity (Wildman–Crippen MR) is 87.2 cm³/mol. The van der Waals surface area contributed by atoms with Crippen molar-refractivity contribution in [1.82, 2.24) is 4.98 Å². The van der Waals surface area contributed by atoms with Crippen LogP contribution in [0, 0.1) is 23.6 Å². The van der Waals surface area contributed by atoms with E-state index in [0.717, 1.165) is 36.6 Å². The molecule has 2 fully saturated rings. The third kappa shape index (κ3) is 2.71. The molecule has 1 aromatic carbocycles. The summed E-state index contributed by atoms with van der Waals surface area (Å²) >= 11 is 0. The Balaban J connectivity index is 1.56. The summed E-state index contributed by atoms with van der Waals surface area (Å²) in [6.45, 7) is 0. The smallest absolute Gasteiger partial charge is 0.217 e. The molecule has 2 N–H and O–H groups in total. The third-order valence-electron chi connectivity index (χ3n) is 5.78. The monoisotopic (exact) mass is 312 g/mol. The maximum absolute atomic E-state index is 13.6. The molecule has 2 saturated carbocycles. The molecule has 0 aliphatic heterocycles. The summed E-state index contributed by atoms with van der Waals surface area (Å²) in [4.78, 5) is 15.5. The lowest BCUT2D eigenvalue weighted by atomic mass is 9.89. The fourth-order valence-corrected chi connectivity index (χ4v) is 4.94. The van der Waals surface area contributed by atoms with E-state index >= 15 is 0 Å². The highest BCUT2D eigenvalue weighted by Gasteiger charge is 2.42. The molecule has 4 rings (SSSR count). The van der Waals surface area contributed by atoms with Crippen LogP contribution in [0.3, 0.4) is 0 Å². The second-order valence-electron chi connectivity index (χ2n) is 7.26. The third-order valence-corrected chi connectivity index (χ3v) is 5.78. The number of nitrogens with zero attached hydrogens (tertiary/aromatic N) is 1. The molecule has 1 heterocycles. The van der Waals surface area contributed by atoms with Crippen LogP contribution >= 0.6 is 0 Å². The van der Waals surface area contributed by atoms with Gasteiger partial charge in [-0.25, -0.2) is 4.39 Å². The summed E-state index contributed by atoms with van der Waals surface area (Å²) in [5, 5.41) is 0.950. The zero-order chi connectivity index (χ0) is 16.0. The Hall–Kier alpha value is -1.97. The van der Waals surface area contributed by atoms with E-state index in [-0.39, 0.29) is 11.7 Å². The number of amides is 1. The first-order valence-electron chi connectivity index (χ1n) is 8.42. The molecule has 2 aliphatic rings. The molecule has 3 nitrogen and oxygen atoms in total. The van der Waals surface area contributed by atoms with E-state index in [1.807, 2.05) is 12.3 Å². The van der Waals surface area contributed by atoms with Gasteiger partial charge in [-0.3, -0.25) is 9.78 Å². The number of primary amides is 1. The summed E-state index contributed by atoms with van der Waals surface area (Å²) in [5.74, 6) is 1.93. The highest BCUT2D eigenvalue weighted by Crippen LogP contribution is 2.53. The second-order valence-corrected chi connectivity index (χ2v) is 7.26. The Kier molecular flexibility index (Phi) is 3.55. The maximum Gasteiger partial charge on any atom is 0.217 e. The van der Waals surface area contributed by atoms with Crippen molar-refractivity contribution in [2.75, 3.05) is 0 Å². The van der Waals surface area contributed by atoms with E-state index in [4.69, 9.17) is 5.73 Å². The lowest BCUT2D eigenvalue weighted by Crippen LogP contribution is -2.15. The number of carbonyl (C=O) groups is 1. The van der Waals surface area contributed by atoms with E-state index < -0.39 is 0 Å². The van der Waals surface area contributed by atoms with Gasteiger partial charge in [-0.2, -0.15) is 0 Å². The van der Waals surface area contributed by atoms with Gasteiger partial charge in [0.05, 0.1) is 5.52 Å². The summed E-state index contributed by atoms with van der Waals surface area (Å²) in [5.41, 5.74) is 7.44. The van der Waals surface area contributed by atoms with Crippen LogP contribution in [0.4, 0.5) is 4.39 Å². The average molecular weight is 312 g/mol. The topological polar surface area (TPSA) is 56.0 Å². The van der Waals surface area contributed by atoms with Crippen LogP contribution in [0.2, 0.25) is 0 Å². The quantitative estimate of drug-likeness (QED) is 0.938. The fourth-order valence-electron chi connectivity index (χ4n) is 4.94. The van der Waals surface area contributed by atoms with Crippen molar-refractivity contribution in [1.29, 1.82) is 0 Å². The number of hydrogen-bond donors (Lipinski definition) is 1. The predicted octanol–water partition coefficient (Wildman–Crippen LogP) is 3.77. The molecule has 120 valence electrons. The molecule has 2 unspecified atom stereocenters. The Labute approximate surface area is 135 Å². The Morgan fingerprint density at radius 2 is 1.91 bits per heavy atom. The van der Waals surface area contributed by atoms with Gasteiger partial charge >= 0.3 is 0 Å². The number of hydrogen-bond acceptors (Lipinski definition) is 2. The van der Waals surface area contributed by atoms with Crippen molar-refractivity contribution in [3.05, 3.63) is 41.8 Å². The highest BCUT2D eigenvalue weighted by molar-refractivity contribution is 5.82. The fraction of sp³-hybridized carbons (Fsp3) is 0.474. The van der Waals surface area contributed by atoms with Crippen LogP contribution in [0.25, 0.3) is 10.9 Å². The Morgan fingerprint density at radius 1 is 1.17 bits per heavy atom. The van der Waals surface area contributed by atoms with E-state index in [1.165, 1.54) is 11.6 Å². The lowest BCUT2D eigenvalue weighted by molar-refractivity contribution is -0.118. The number of nitrogens with two attached hydrogens (primary N) is 1. The first-order valence-corrected chi connectivity index (χ1v) is 8.42. The molecule has 1 aromatic heterocycles. The number of benzene rings is 1. The SMILES string of the molecule is NC(=O)CC1CC2CC(c3ccnc4ccc(F)cc34)CC2C1. The summed E-state index contributed by atoms with van der Waals surface area (Å²) < 4.78 is 13.6. The number of halogens is 1. The van der Waals surface area contributed by atoms with E-state index in [0.29, 0.717) is 30.1 Å². The van der Waals surface area contributed by atoms with Gasteiger partial charge in [-0.05, 0) is 79.2 Å². The number of rotatable bonds is 3. The van der Waals surface area contributed by atoms with Crippen molar-refractivity contribution in [3.8, 4) is 0 Å². The number of carbonyl (C=O) groups excluding carboxylic acids is 1. The first kappa shape index (κ1) is 14.6. The molecule has 2 aliphatic carbocycles. The minimum Gasteiger partial charge on any atom is -0.370 e. The molecule has 0 radical (unpaired) electrons. The average Bonchev–Trinajstić information content (AvgIpc) is 3.04. The van der Waals surface area contributed by atoms with Gasteiger partial charge in [0.2, 0.25) is 5.91 Å². The van der Waals surface area contributed by atoms with E-state index in [1.54, 1.807) is 12.1 Å². The number of fused-ring (bicyclic) bond motifs is 2. The highest BCUT2D eigenvalue weighted by atomic mass is 19.1. The minimum absolute atomic E-state index is 0.179. The lowest BCUT2D eigenvalue weighted by Gasteiger charge is -2.16. The molecule has 0 spiro atoms. The molecule has 23 heavy (non-hydrogen) atoms. The Bertz CT molecular complexity index is 746. The van der Waals surface area contributed by atoms with Gasteiger partial charge in [-0.1, -0.05) is 0 Å². The molecule has 1 amide bonds. The van der Waals surface area contributed by atoms with Gasteiger partial charge < -0.3 is 5.73 Å². The molecular weight excluding hydrogens is 291 g/mol. The minimum atomic E-state index is -0.202. The van der Waals surface area contributed by atoms with Gasteiger partial charge in [-0.15, -0.1) is 0 Å². The standard InChI is InChI=1S/C19H21FN2O/c20-15-1-2-18-17(10-15)16(3-4-22-18)14-8-12-5-11(7-19(21)23)6-13(12)9-14/h1-4,10-14H,5-9H2,(H2,21,23). The maximum atomic E-state index is 13.6. The number of pyridine rings is 1. The summed E-state index contributed by atoms with van der Waals surface area (Å²) in [6, 6.07) is 6.89. The van der Waals surface area contributed by atoms with Gasteiger partial charge in [0.25, 0.3) is 0 Å². The number of aromatic nitrogens is 1. The first-order chi connectivity index (χ1) is 11.1. The van der Waals surface area contributed by atoms with E-state index in [2.05, 4.69) is 4.98 Å². The van der Waals surface area contributed by atoms with Crippen LogP contribution in [-0.2, 0) is 4.79 Å². The normalized spacial score (nSPS) is 29.8. The van der Waals surface area contributed by atoms with Crippen LogP contribution in [0.15, 0.2) is 30.5 Å². The van der Waals surface area contributed by atoms with Crippen LogP contribution < -0.4 is 5.73 Å². The van der Waals surface area contributed by atoms with Crippen molar-refractivity contribution >= 4 is 16.8 Å². The molecular formula is C19H21FN2O. The largest absolute Gasteiger partial charge is 0.370 e. The van der Waals surface area contributed by atoms with Crippen LogP contribution in [-0.4, -0.2) is 10.9 Å². The zero-order valence-corrected chi connectivity index (χ0v) is 13.0. The molecule has 2 atom stereocenters. The molecule has 2 aromatic rings. The van der Waals surface area contributed by atoms with Gasteiger partial charge in [0, 0.05) is 18.0 Å². The zero-order valence-electron chi connectivity index (χ0n) is 13.0. The van der Waals surface area contributed by atoms with Crippen molar-refractivity contribution in [2.45, 2.75) is 38.0 Å². The van der Waals surface area contributed by atoms with Gasteiger partial charge in [0.1, 0.15) is 5.82 Å². The van der Waals surface area contributed by atoms with E-state index in [9.17, 15) is 9.18 Å².